The summed E-state index contributed by atoms with van der Waals surface area (Å²) >= 11 is 0. The maximum absolute atomic E-state index is 13.4. The Hall–Kier alpha value is -2.67. The number of nitrogens with zero attached hydrogens (tertiary/aromatic N) is 2. The van der Waals surface area contributed by atoms with E-state index in [0.717, 1.165) is 68.3 Å². The second kappa shape index (κ2) is 8.78. The number of halogens is 2. The minimum absolute atomic E-state index is 0.0656. The summed E-state index contributed by atoms with van der Waals surface area (Å²) in [6, 6.07) is 9.89. The zero-order chi connectivity index (χ0) is 20.2. The molecule has 0 aromatic heterocycles. The van der Waals surface area contributed by atoms with E-state index in [4.69, 9.17) is 4.74 Å². The highest BCUT2D eigenvalue weighted by Crippen LogP contribution is 2.27. The molecule has 0 saturated carbocycles. The Balaban J connectivity index is 1.18. The molecule has 2 aromatic rings. The molecule has 2 aromatic carbocycles. The molecule has 29 heavy (non-hydrogen) atoms. The van der Waals surface area contributed by atoms with Crippen molar-refractivity contribution in [3.05, 3.63) is 53.6 Å². The van der Waals surface area contributed by atoms with Crippen molar-refractivity contribution < 1.29 is 18.3 Å². The third-order valence-electron chi connectivity index (χ3n) is 5.50. The average molecular weight is 401 g/mol. The highest BCUT2D eigenvalue weighted by atomic mass is 19.2. The molecule has 2 heterocycles. The van der Waals surface area contributed by atoms with Gasteiger partial charge in [0.1, 0.15) is 5.75 Å². The summed E-state index contributed by atoms with van der Waals surface area (Å²) in [7, 11) is 0. The normalized spacial score (nSPS) is 17.0. The molecular weight excluding hydrogens is 376 g/mol. The molecule has 1 amide bonds. The van der Waals surface area contributed by atoms with Crippen molar-refractivity contribution in [2.45, 2.75) is 19.3 Å². The van der Waals surface area contributed by atoms with Gasteiger partial charge in [-0.25, -0.2) is 8.78 Å². The van der Waals surface area contributed by atoms with Gasteiger partial charge in [0.05, 0.1) is 6.61 Å². The number of benzene rings is 2. The lowest BCUT2D eigenvalue weighted by molar-refractivity contribution is -0.116. The Morgan fingerprint density at radius 3 is 2.59 bits per heavy atom. The molecule has 154 valence electrons. The highest BCUT2D eigenvalue weighted by molar-refractivity contribution is 5.93. The van der Waals surface area contributed by atoms with Crippen LogP contribution in [0.5, 0.6) is 5.75 Å². The zero-order valence-corrected chi connectivity index (χ0v) is 16.3. The lowest BCUT2D eigenvalue weighted by atomic mass is 10.0. The van der Waals surface area contributed by atoms with E-state index in [2.05, 4.69) is 15.1 Å². The average Bonchev–Trinajstić information content (AvgIpc) is 2.74. The van der Waals surface area contributed by atoms with Crippen LogP contribution in [0, 0.1) is 11.6 Å². The third kappa shape index (κ3) is 4.85. The second-order valence-corrected chi connectivity index (χ2v) is 7.50. The first-order valence-electron chi connectivity index (χ1n) is 10.1. The number of carbonyl (C=O) groups excluding carboxylic acids is 1. The van der Waals surface area contributed by atoms with Crippen molar-refractivity contribution in [3.63, 3.8) is 0 Å². The molecular formula is C22H25F2N3O2. The molecule has 1 fully saturated rings. The summed E-state index contributed by atoms with van der Waals surface area (Å²) in [6.07, 6.45) is 2.19. The molecule has 0 aliphatic carbocycles. The molecule has 0 atom stereocenters. The quantitative estimate of drug-likeness (QED) is 0.754. The van der Waals surface area contributed by atoms with Crippen molar-refractivity contribution in [2.75, 3.05) is 49.5 Å². The monoisotopic (exact) mass is 401 g/mol. The number of rotatable bonds is 6. The number of hydrogen-bond donors (Lipinski definition) is 1. The van der Waals surface area contributed by atoms with Crippen LogP contribution in [0.1, 0.15) is 18.4 Å². The van der Waals surface area contributed by atoms with Gasteiger partial charge in [-0.05, 0) is 48.7 Å². The Morgan fingerprint density at radius 1 is 0.966 bits per heavy atom. The van der Waals surface area contributed by atoms with Gasteiger partial charge in [-0.3, -0.25) is 9.69 Å². The number of nitrogens with one attached hydrogen (secondary N) is 1. The summed E-state index contributed by atoms with van der Waals surface area (Å²) in [5.74, 6) is -0.707. The molecule has 2 aliphatic rings. The summed E-state index contributed by atoms with van der Waals surface area (Å²) in [4.78, 5) is 15.9. The smallest absolute Gasteiger partial charge is 0.224 e. The molecule has 7 heteroatoms. The van der Waals surface area contributed by atoms with Crippen LogP contribution in [-0.2, 0) is 11.2 Å². The van der Waals surface area contributed by atoms with Crippen molar-refractivity contribution >= 4 is 17.3 Å². The van der Waals surface area contributed by atoms with E-state index in [1.807, 2.05) is 18.2 Å². The van der Waals surface area contributed by atoms with E-state index in [1.54, 1.807) is 6.07 Å². The van der Waals surface area contributed by atoms with Crippen LogP contribution in [-0.4, -0.2) is 50.1 Å². The standard InChI is InChI=1S/C22H25F2N3O2/c23-19-5-3-17(15-20(19)24)27-11-9-26(10-12-27)8-1-13-29-18-4-6-21-16(14-18)2-7-22(28)25-21/h3-6,14-15H,1-2,7-13H2,(H,25,28). The predicted molar refractivity (Wildman–Crippen MR) is 109 cm³/mol. The number of hydrogen-bond acceptors (Lipinski definition) is 4. The number of carbonyl (C=O) groups is 1. The van der Waals surface area contributed by atoms with E-state index in [0.29, 0.717) is 13.0 Å². The maximum Gasteiger partial charge on any atom is 0.224 e. The molecule has 2 aliphatic heterocycles. The van der Waals surface area contributed by atoms with E-state index >= 15 is 0 Å². The lowest BCUT2D eigenvalue weighted by Crippen LogP contribution is -2.46. The van der Waals surface area contributed by atoms with Gasteiger partial charge in [-0.15, -0.1) is 0 Å². The molecule has 1 N–H and O–H groups in total. The minimum atomic E-state index is -0.809. The van der Waals surface area contributed by atoms with Crippen LogP contribution in [0.3, 0.4) is 0 Å². The fourth-order valence-electron chi connectivity index (χ4n) is 3.84. The highest BCUT2D eigenvalue weighted by Gasteiger charge is 2.18. The molecule has 0 radical (unpaired) electrons. The molecule has 4 rings (SSSR count). The first-order valence-corrected chi connectivity index (χ1v) is 10.1. The second-order valence-electron chi connectivity index (χ2n) is 7.50. The van der Waals surface area contributed by atoms with Gasteiger partial charge < -0.3 is 15.0 Å². The van der Waals surface area contributed by atoms with Crippen molar-refractivity contribution in [3.8, 4) is 5.75 Å². The number of ether oxygens (including phenoxy) is 1. The fraction of sp³-hybridized carbons (Fsp3) is 0.409. The van der Waals surface area contributed by atoms with Crippen LogP contribution < -0.4 is 15.0 Å². The summed E-state index contributed by atoms with van der Waals surface area (Å²) in [5.41, 5.74) is 2.73. The van der Waals surface area contributed by atoms with Crippen LogP contribution in [0.15, 0.2) is 36.4 Å². The molecule has 0 unspecified atom stereocenters. The Labute approximate surface area is 169 Å². The summed E-state index contributed by atoms with van der Waals surface area (Å²) < 4.78 is 32.4. The van der Waals surface area contributed by atoms with E-state index in [9.17, 15) is 13.6 Å². The Morgan fingerprint density at radius 2 is 1.79 bits per heavy atom. The van der Waals surface area contributed by atoms with E-state index in [1.165, 1.54) is 12.1 Å². The van der Waals surface area contributed by atoms with Gasteiger partial charge in [0, 0.05) is 56.6 Å². The number of amides is 1. The maximum atomic E-state index is 13.4. The molecule has 5 nitrogen and oxygen atoms in total. The number of fused-ring (bicyclic) bond motifs is 1. The van der Waals surface area contributed by atoms with Crippen molar-refractivity contribution in [1.82, 2.24) is 4.90 Å². The van der Waals surface area contributed by atoms with Gasteiger partial charge in [0.2, 0.25) is 5.91 Å². The fourth-order valence-corrected chi connectivity index (χ4v) is 3.84. The largest absolute Gasteiger partial charge is 0.494 e. The Bertz CT molecular complexity index is 882. The molecule has 0 spiro atoms. The van der Waals surface area contributed by atoms with Gasteiger partial charge in [0.15, 0.2) is 11.6 Å². The predicted octanol–water partition coefficient (Wildman–Crippen LogP) is 3.44. The summed E-state index contributed by atoms with van der Waals surface area (Å²) in [6.45, 7) is 4.93. The van der Waals surface area contributed by atoms with E-state index in [-0.39, 0.29) is 5.91 Å². The first kappa shape index (κ1) is 19.6. The number of aryl methyl sites for hydroxylation is 1. The minimum Gasteiger partial charge on any atom is -0.494 e. The van der Waals surface area contributed by atoms with Gasteiger partial charge in [-0.1, -0.05) is 0 Å². The van der Waals surface area contributed by atoms with Gasteiger partial charge in [-0.2, -0.15) is 0 Å². The van der Waals surface area contributed by atoms with Crippen molar-refractivity contribution in [2.24, 2.45) is 0 Å². The van der Waals surface area contributed by atoms with Crippen molar-refractivity contribution in [1.29, 1.82) is 0 Å². The number of piperazine rings is 1. The Kier molecular flexibility index (Phi) is 5.94. The summed E-state index contributed by atoms with van der Waals surface area (Å²) in [5, 5.41) is 2.87. The molecule has 1 saturated heterocycles. The van der Waals surface area contributed by atoms with Gasteiger partial charge >= 0.3 is 0 Å². The third-order valence-corrected chi connectivity index (χ3v) is 5.50. The zero-order valence-electron chi connectivity index (χ0n) is 16.3. The van der Waals surface area contributed by atoms with Crippen LogP contribution in [0.25, 0.3) is 0 Å². The topological polar surface area (TPSA) is 44.8 Å². The molecule has 0 bridgehead atoms. The van der Waals surface area contributed by atoms with Crippen LogP contribution in [0.2, 0.25) is 0 Å². The van der Waals surface area contributed by atoms with E-state index < -0.39 is 11.6 Å². The SMILES string of the molecule is O=C1CCc2cc(OCCCN3CCN(c4ccc(F)c(F)c4)CC3)ccc2N1. The first-order chi connectivity index (χ1) is 14.1. The van der Waals surface area contributed by atoms with Crippen LogP contribution in [0.4, 0.5) is 20.2 Å². The number of anilines is 2. The lowest BCUT2D eigenvalue weighted by Gasteiger charge is -2.36. The van der Waals surface area contributed by atoms with Crippen LogP contribution >= 0.6 is 0 Å². The van der Waals surface area contributed by atoms with Gasteiger partial charge in [0.25, 0.3) is 0 Å².